The van der Waals surface area contributed by atoms with E-state index in [1.54, 1.807) is 6.92 Å². The van der Waals surface area contributed by atoms with Gasteiger partial charge in [0.25, 0.3) is 10.0 Å². The van der Waals surface area contributed by atoms with Crippen LogP contribution >= 0.6 is 11.3 Å². The first-order valence-corrected chi connectivity index (χ1v) is 8.16. The Hall–Kier alpha value is -1.95. The fourth-order valence-electron chi connectivity index (χ4n) is 1.55. The molecule has 0 saturated heterocycles. The molecule has 0 bridgehead atoms. The lowest BCUT2D eigenvalue weighted by Crippen LogP contribution is -2.14. The number of hydrogen-bond donors (Lipinski definition) is 2. The highest BCUT2D eigenvalue weighted by molar-refractivity contribution is 7.93. The number of nitrogens with one attached hydrogen (secondary N) is 1. The van der Waals surface area contributed by atoms with Crippen LogP contribution in [0, 0.1) is 24.6 Å². The summed E-state index contributed by atoms with van der Waals surface area (Å²) in [5.74, 6) is 4.79. The van der Waals surface area contributed by atoms with Crippen LogP contribution in [0.15, 0.2) is 29.3 Å². The lowest BCUT2D eigenvalue weighted by atomic mass is 10.2. The summed E-state index contributed by atoms with van der Waals surface area (Å²) in [5.41, 5.74) is 5.70. The Bertz CT molecular complexity index is 819. The normalized spacial score (nSPS) is 10.8. The van der Waals surface area contributed by atoms with Crippen molar-refractivity contribution in [2.45, 2.75) is 11.8 Å². The molecule has 0 saturated carbocycles. The summed E-state index contributed by atoms with van der Waals surface area (Å²) in [5, 5.41) is 0.167. The molecular weight excluding hydrogens is 313 g/mol. The fraction of sp³-hybridized carbons (Fsp3) is 0.154. The summed E-state index contributed by atoms with van der Waals surface area (Å²) < 4.78 is 40.0. The Labute approximate surface area is 126 Å². The summed E-state index contributed by atoms with van der Waals surface area (Å²) in [6.07, 6.45) is 1.45. The molecule has 0 aliphatic rings. The highest BCUT2D eigenvalue weighted by Gasteiger charge is 2.19. The summed E-state index contributed by atoms with van der Waals surface area (Å²) in [7, 11) is -3.89. The maximum absolute atomic E-state index is 13.2. The molecule has 0 unspecified atom stereocenters. The molecular formula is C13H12FN3O2S2. The number of thiazole rings is 1. The fourth-order valence-corrected chi connectivity index (χ4v) is 3.74. The highest BCUT2D eigenvalue weighted by atomic mass is 32.2. The third-order valence-electron chi connectivity index (χ3n) is 2.48. The lowest BCUT2D eigenvalue weighted by molar-refractivity contribution is 0.594. The predicted molar refractivity (Wildman–Crippen MR) is 80.0 cm³/mol. The first-order chi connectivity index (χ1) is 9.92. The van der Waals surface area contributed by atoms with Crippen molar-refractivity contribution >= 4 is 26.5 Å². The minimum Gasteiger partial charge on any atom is -0.320 e. The van der Waals surface area contributed by atoms with E-state index in [1.165, 1.54) is 18.3 Å². The number of aromatic nitrogens is 1. The molecule has 5 nitrogen and oxygen atoms in total. The molecule has 0 amide bonds. The molecule has 2 rings (SSSR count). The zero-order valence-corrected chi connectivity index (χ0v) is 12.7. The summed E-state index contributed by atoms with van der Waals surface area (Å²) >= 11 is 1.08. The van der Waals surface area contributed by atoms with E-state index in [4.69, 9.17) is 5.73 Å². The molecule has 0 atom stereocenters. The molecule has 1 aromatic carbocycles. The largest absolute Gasteiger partial charge is 0.320 e. The van der Waals surface area contributed by atoms with Crippen molar-refractivity contribution in [1.29, 1.82) is 0 Å². The zero-order valence-electron chi connectivity index (χ0n) is 11.1. The molecule has 0 radical (unpaired) electrons. The first kappa shape index (κ1) is 15.4. The number of aryl methyl sites for hydroxylation is 1. The van der Waals surface area contributed by atoms with Gasteiger partial charge in [-0.2, -0.15) is 0 Å². The maximum atomic E-state index is 13.2. The van der Waals surface area contributed by atoms with Crippen molar-refractivity contribution < 1.29 is 12.8 Å². The topological polar surface area (TPSA) is 85.1 Å². The number of halogens is 1. The van der Waals surface area contributed by atoms with Crippen LogP contribution in [0.3, 0.4) is 0 Å². The number of rotatable bonds is 3. The van der Waals surface area contributed by atoms with E-state index < -0.39 is 15.8 Å². The molecule has 1 aromatic heterocycles. The molecule has 3 N–H and O–H groups in total. The van der Waals surface area contributed by atoms with Gasteiger partial charge < -0.3 is 5.73 Å². The molecule has 8 heteroatoms. The van der Waals surface area contributed by atoms with Crippen LogP contribution in [0.2, 0.25) is 0 Å². The van der Waals surface area contributed by atoms with Crippen molar-refractivity contribution in [3.05, 3.63) is 40.7 Å². The SMILES string of the molecule is Cc1ccc(F)cc1S(=O)(=O)Nc1ncc(C#CCN)s1. The van der Waals surface area contributed by atoms with Crippen LogP contribution in [-0.4, -0.2) is 19.9 Å². The summed E-state index contributed by atoms with van der Waals surface area (Å²) in [6, 6.07) is 3.59. The highest BCUT2D eigenvalue weighted by Crippen LogP contribution is 2.23. The van der Waals surface area contributed by atoms with Gasteiger partial charge in [-0.1, -0.05) is 29.2 Å². The van der Waals surface area contributed by atoms with Gasteiger partial charge in [0, 0.05) is 0 Å². The van der Waals surface area contributed by atoms with Crippen LogP contribution in [0.5, 0.6) is 0 Å². The van der Waals surface area contributed by atoms with Gasteiger partial charge in [0.1, 0.15) is 5.82 Å². The third kappa shape index (κ3) is 3.78. The Balaban J connectivity index is 2.29. The van der Waals surface area contributed by atoms with Gasteiger partial charge in [-0.3, -0.25) is 4.72 Å². The van der Waals surface area contributed by atoms with Gasteiger partial charge in [0.15, 0.2) is 5.13 Å². The predicted octanol–water partition coefficient (Wildman–Crippen LogP) is 1.70. The quantitative estimate of drug-likeness (QED) is 0.841. The molecule has 0 aliphatic heterocycles. The van der Waals surface area contributed by atoms with E-state index in [9.17, 15) is 12.8 Å². The lowest BCUT2D eigenvalue weighted by Gasteiger charge is -2.07. The minimum atomic E-state index is -3.89. The van der Waals surface area contributed by atoms with Crippen LogP contribution in [0.25, 0.3) is 0 Å². The second kappa shape index (κ2) is 6.22. The van der Waals surface area contributed by atoms with Crippen molar-refractivity contribution in [2.75, 3.05) is 11.3 Å². The number of anilines is 1. The average molecular weight is 325 g/mol. The second-order valence-electron chi connectivity index (χ2n) is 4.05. The third-order valence-corrected chi connectivity index (χ3v) is 4.92. The molecule has 21 heavy (non-hydrogen) atoms. The minimum absolute atomic E-state index is 0.118. The Morgan fingerprint density at radius 1 is 1.48 bits per heavy atom. The van der Waals surface area contributed by atoms with Crippen molar-refractivity contribution in [3.63, 3.8) is 0 Å². The summed E-state index contributed by atoms with van der Waals surface area (Å²) in [6.45, 7) is 1.80. The van der Waals surface area contributed by atoms with E-state index in [2.05, 4.69) is 21.5 Å². The zero-order chi connectivity index (χ0) is 15.5. The van der Waals surface area contributed by atoms with Crippen LogP contribution < -0.4 is 10.5 Å². The Morgan fingerprint density at radius 3 is 2.95 bits per heavy atom. The number of nitrogens with zero attached hydrogens (tertiary/aromatic N) is 1. The van der Waals surface area contributed by atoms with Crippen molar-refractivity contribution in [3.8, 4) is 11.8 Å². The number of hydrogen-bond acceptors (Lipinski definition) is 5. The van der Waals surface area contributed by atoms with Gasteiger partial charge in [0.2, 0.25) is 0 Å². The number of sulfonamides is 1. The van der Waals surface area contributed by atoms with Crippen molar-refractivity contribution in [1.82, 2.24) is 4.98 Å². The van der Waals surface area contributed by atoms with Gasteiger partial charge in [0.05, 0.1) is 22.5 Å². The van der Waals surface area contributed by atoms with E-state index in [-0.39, 0.29) is 16.6 Å². The Kier molecular flexibility index (Phi) is 4.57. The monoisotopic (exact) mass is 325 g/mol. The average Bonchev–Trinajstić information content (AvgIpc) is 2.86. The standard InChI is InChI=1S/C13H12FN3O2S2/c1-9-4-5-10(14)7-12(9)21(18,19)17-13-16-8-11(20-13)3-2-6-15/h4-5,7-8H,6,15H2,1H3,(H,16,17). The molecule has 0 fully saturated rings. The molecule has 2 aromatic rings. The van der Waals surface area contributed by atoms with Gasteiger partial charge >= 0.3 is 0 Å². The first-order valence-electron chi connectivity index (χ1n) is 5.86. The summed E-state index contributed by atoms with van der Waals surface area (Å²) in [4.78, 5) is 4.40. The van der Waals surface area contributed by atoms with E-state index in [1.807, 2.05) is 0 Å². The maximum Gasteiger partial charge on any atom is 0.264 e. The molecule has 1 heterocycles. The van der Waals surface area contributed by atoms with Crippen LogP contribution in [-0.2, 0) is 10.0 Å². The van der Waals surface area contributed by atoms with Gasteiger partial charge in [-0.05, 0) is 24.6 Å². The van der Waals surface area contributed by atoms with Crippen LogP contribution in [0.4, 0.5) is 9.52 Å². The Morgan fingerprint density at radius 2 is 2.24 bits per heavy atom. The van der Waals surface area contributed by atoms with E-state index in [0.29, 0.717) is 10.4 Å². The second-order valence-corrected chi connectivity index (χ2v) is 6.73. The van der Waals surface area contributed by atoms with Crippen LogP contribution in [0.1, 0.15) is 10.4 Å². The molecule has 0 aliphatic carbocycles. The van der Waals surface area contributed by atoms with E-state index in [0.717, 1.165) is 17.4 Å². The number of benzene rings is 1. The smallest absolute Gasteiger partial charge is 0.264 e. The number of nitrogens with two attached hydrogens (primary N) is 1. The molecule has 110 valence electrons. The van der Waals surface area contributed by atoms with Gasteiger partial charge in [-0.15, -0.1) is 0 Å². The van der Waals surface area contributed by atoms with Gasteiger partial charge in [-0.25, -0.2) is 17.8 Å². The van der Waals surface area contributed by atoms with Crippen molar-refractivity contribution in [2.24, 2.45) is 5.73 Å². The molecule has 0 spiro atoms. The van der Waals surface area contributed by atoms with E-state index >= 15 is 0 Å².